The number of nitrogens with one attached hydrogen (secondary N) is 1. The number of hydrogen-bond donors (Lipinski definition) is 1. The highest BCUT2D eigenvalue weighted by atomic mass is 32.2. The van der Waals surface area contributed by atoms with E-state index in [4.69, 9.17) is 4.74 Å². The molecule has 0 bridgehead atoms. The topological polar surface area (TPSA) is 77.4 Å². The summed E-state index contributed by atoms with van der Waals surface area (Å²) in [5.74, 6) is -0.637. The van der Waals surface area contributed by atoms with E-state index in [0.717, 1.165) is 0 Å². The van der Waals surface area contributed by atoms with Crippen molar-refractivity contribution in [1.82, 2.24) is 4.57 Å². The Labute approximate surface area is 136 Å². The molecule has 1 aromatic heterocycles. The third kappa shape index (κ3) is 3.24. The average molecular weight is 336 g/mol. The van der Waals surface area contributed by atoms with Gasteiger partial charge in [-0.1, -0.05) is 18.2 Å². The Kier molecular flexibility index (Phi) is 4.79. The maximum Gasteiger partial charge on any atom is 0.341 e. The van der Waals surface area contributed by atoms with Crippen LogP contribution < -0.4 is 4.72 Å². The molecule has 23 heavy (non-hydrogen) atoms. The number of benzene rings is 1. The van der Waals surface area contributed by atoms with Crippen molar-refractivity contribution in [2.45, 2.75) is 25.7 Å². The van der Waals surface area contributed by atoms with E-state index in [1.807, 2.05) is 0 Å². The fourth-order valence-electron chi connectivity index (χ4n) is 2.40. The summed E-state index contributed by atoms with van der Waals surface area (Å²) in [5.41, 5.74) is 1.54. The summed E-state index contributed by atoms with van der Waals surface area (Å²) in [7, 11) is -2.19. The molecular formula is C16H20N2O4S. The number of anilines is 1. The molecule has 0 radical (unpaired) electrons. The minimum atomic E-state index is -3.91. The van der Waals surface area contributed by atoms with Gasteiger partial charge >= 0.3 is 5.97 Å². The van der Waals surface area contributed by atoms with Crippen molar-refractivity contribution in [3.05, 3.63) is 47.3 Å². The zero-order valence-corrected chi connectivity index (χ0v) is 14.4. The van der Waals surface area contributed by atoms with Crippen LogP contribution in [-0.4, -0.2) is 25.6 Å². The molecule has 7 heteroatoms. The van der Waals surface area contributed by atoms with Crippen molar-refractivity contribution in [1.29, 1.82) is 0 Å². The number of carbonyl (C=O) groups excluding carboxylic acids is 1. The van der Waals surface area contributed by atoms with Gasteiger partial charge in [0.2, 0.25) is 0 Å². The van der Waals surface area contributed by atoms with Crippen LogP contribution in [0.15, 0.2) is 35.2 Å². The fraction of sp³-hybridized carbons (Fsp3) is 0.312. The summed E-state index contributed by atoms with van der Waals surface area (Å²) in [5, 5.41) is 0. The first kappa shape index (κ1) is 17.1. The lowest BCUT2D eigenvalue weighted by atomic mass is 10.2. The summed E-state index contributed by atoms with van der Waals surface area (Å²) in [6, 6.07) is 8.54. The van der Waals surface area contributed by atoms with E-state index >= 15 is 0 Å². The third-order valence-electron chi connectivity index (χ3n) is 3.70. The quantitative estimate of drug-likeness (QED) is 0.852. The Morgan fingerprint density at radius 1 is 1.17 bits per heavy atom. The molecular weight excluding hydrogens is 316 g/mol. The number of esters is 1. The molecule has 0 aliphatic heterocycles. The number of carbonyl (C=O) groups is 1. The zero-order chi connectivity index (χ0) is 17.2. The van der Waals surface area contributed by atoms with Crippen LogP contribution in [0, 0.1) is 13.8 Å². The van der Waals surface area contributed by atoms with Crippen molar-refractivity contribution < 1.29 is 17.9 Å². The van der Waals surface area contributed by atoms with Crippen LogP contribution in [0.5, 0.6) is 0 Å². The van der Waals surface area contributed by atoms with Crippen LogP contribution in [0.2, 0.25) is 0 Å². The maximum absolute atomic E-state index is 12.8. The first-order valence-corrected chi connectivity index (χ1v) is 8.68. The second-order valence-corrected chi connectivity index (χ2v) is 6.75. The van der Waals surface area contributed by atoms with Crippen molar-refractivity contribution >= 4 is 21.7 Å². The molecule has 0 amide bonds. The lowest BCUT2D eigenvalue weighted by Crippen LogP contribution is -2.18. The van der Waals surface area contributed by atoms with E-state index in [9.17, 15) is 13.2 Å². The first-order valence-electron chi connectivity index (χ1n) is 7.20. The van der Waals surface area contributed by atoms with Gasteiger partial charge in [-0.2, -0.15) is 0 Å². The van der Waals surface area contributed by atoms with Gasteiger partial charge in [0.15, 0.2) is 0 Å². The van der Waals surface area contributed by atoms with E-state index < -0.39 is 16.0 Å². The van der Waals surface area contributed by atoms with Crippen LogP contribution in [0.1, 0.15) is 28.7 Å². The number of para-hydroxylation sites is 1. The molecule has 0 spiro atoms. The van der Waals surface area contributed by atoms with Gasteiger partial charge in [0, 0.05) is 24.1 Å². The Balaban J connectivity index is 2.57. The second-order valence-electron chi connectivity index (χ2n) is 5.13. The number of rotatable bonds is 5. The minimum Gasteiger partial charge on any atom is -0.462 e. The van der Waals surface area contributed by atoms with Gasteiger partial charge < -0.3 is 9.30 Å². The molecule has 1 aromatic carbocycles. The molecule has 0 unspecified atom stereocenters. The fourth-order valence-corrected chi connectivity index (χ4v) is 3.98. The number of sulfonamides is 1. The van der Waals surface area contributed by atoms with Crippen molar-refractivity contribution in [2.24, 2.45) is 7.05 Å². The predicted molar refractivity (Wildman–Crippen MR) is 88.1 cm³/mol. The van der Waals surface area contributed by atoms with E-state index in [-0.39, 0.29) is 17.1 Å². The van der Waals surface area contributed by atoms with Crippen molar-refractivity contribution in [2.75, 3.05) is 11.3 Å². The molecule has 124 valence electrons. The van der Waals surface area contributed by atoms with Gasteiger partial charge in [-0.3, -0.25) is 4.72 Å². The summed E-state index contributed by atoms with van der Waals surface area (Å²) in [6.07, 6.45) is 0. The normalized spacial score (nSPS) is 11.3. The lowest BCUT2D eigenvalue weighted by molar-refractivity contribution is 0.0521. The number of nitrogens with zero attached hydrogens (tertiary/aromatic N) is 1. The van der Waals surface area contributed by atoms with Gasteiger partial charge in [0.05, 0.1) is 6.61 Å². The van der Waals surface area contributed by atoms with Crippen LogP contribution in [0.3, 0.4) is 0 Å². The highest BCUT2D eigenvalue weighted by Gasteiger charge is 2.31. The SMILES string of the molecule is CCOC(=O)c1c(S(=O)(=O)Nc2ccccc2)c(C)n(C)c1C. The molecule has 1 heterocycles. The smallest absolute Gasteiger partial charge is 0.341 e. The van der Waals surface area contributed by atoms with Gasteiger partial charge in [-0.25, -0.2) is 13.2 Å². The number of hydrogen-bond acceptors (Lipinski definition) is 4. The summed E-state index contributed by atoms with van der Waals surface area (Å²) >= 11 is 0. The molecule has 6 nitrogen and oxygen atoms in total. The third-order valence-corrected chi connectivity index (χ3v) is 5.24. The Morgan fingerprint density at radius 3 is 2.35 bits per heavy atom. The van der Waals surface area contributed by atoms with E-state index in [0.29, 0.717) is 17.1 Å². The summed E-state index contributed by atoms with van der Waals surface area (Å²) < 4.78 is 34.8. The number of ether oxygens (including phenoxy) is 1. The second kappa shape index (κ2) is 6.45. The predicted octanol–water partition coefficient (Wildman–Crippen LogP) is 2.62. The summed E-state index contributed by atoms with van der Waals surface area (Å²) in [4.78, 5) is 12.2. The molecule has 0 atom stereocenters. The van der Waals surface area contributed by atoms with Crippen LogP contribution in [-0.2, 0) is 21.8 Å². The molecule has 1 N–H and O–H groups in total. The zero-order valence-electron chi connectivity index (χ0n) is 13.6. The van der Waals surface area contributed by atoms with Gasteiger partial charge in [0.25, 0.3) is 10.0 Å². The Morgan fingerprint density at radius 2 is 1.78 bits per heavy atom. The van der Waals surface area contributed by atoms with E-state index in [1.165, 1.54) is 0 Å². The summed E-state index contributed by atoms with van der Waals surface area (Å²) in [6.45, 7) is 5.22. The molecule has 2 rings (SSSR count). The standard InChI is InChI=1S/C16H20N2O4S/c1-5-22-16(19)14-11(2)18(4)12(3)15(14)23(20,21)17-13-9-7-6-8-10-13/h6-10,17H,5H2,1-4H3. The first-order chi connectivity index (χ1) is 10.8. The maximum atomic E-state index is 12.8. The molecule has 0 fully saturated rings. The molecule has 2 aromatic rings. The van der Waals surface area contributed by atoms with Crippen molar-refractivity contribution in [3.63, 3.8) is 0 Å². The van der Waals surface area contributed by atoms with Crippen LogP contribution >= 0.6 is 0 Å². The molecule has 0 aliphatic carbocycles. The lowest BCUT2D eigenvalue weighted by Gasteiger charge is -2.10. The van der Waals surface area contributed by atoms with E-state index in [1.54, 1.807) is 62.7 Å². The Hall–Kier alpha value is -2.28. The average Bonchev–Trinajstić information content (AvgIpc) is 2.73. The largest absolute Gasteiger partial charge is 0.462 e. The monoisotopic (exact) mass is 336 g/mol. The Bertz CT molecular complexity index is 824. The van der Waals surface area contributed by atoms with Crippen molar-refractivity contribution in [3.8, 4) is 0 Å². The van der Waals surface area contributed by atoms with Gasteiger partial charge in [-0.15, -0.1) is 0 Å². The highest BCUT2D eigenvalue weighted by Crippen LogP contribution is 2.28. The van der Waals surface area contributed by atoms with Gasteiger partial charge in [-0.05, 0) is 32.9 Å². The minimum absolute atomic E-state index is 0.0418. The highest BCUT2D eigenvalue weighted by molar-refractivity contribution is 7.92. The molecule has 0 saturated heterocycles. The van der Waals surface area contributed by atoms with Crippen LogP contribution in [0.25, 0.3) is 0 Å². The van der Waals surface area contributed by atoms with E-state index in [2.05, 4.69) is 4.72 Å². The molecule has 0 saturated carbocycles. The molecule has 0 aliphatic rings. The number of aromatic nitrogens is 1. The van der Waals surface area contributed by atoms with Crippen LogP contribution in [0.4, 0.5) is 5.69 Å². The van der Waals surface area contributed by atoms with Gasteiger partial charge in [0.1, 0.15) is 10.5 Å².